The molecule has 0 radical (unpaired) electrons. The standard InChI is InChI=1S/C13H20N2O2/c1-2-15(8-4-7-14)10-11-5-3-6-12(9-11)13(16)17/h3,5-6,9H,2,4,7-8,10,14H2,1H3,(H,16,17). The van der Waals surface area contributed by atoms with Gasteiger partial charge in [0, 0.05) is 6.54 Å². The zero-order chi connectivity index (χ0) is 12.7. The van der Waals surface area contributed by atoms with Crippen molar-refractivity contribution in [3.05, 3.63) is 35.4 Å². The summed E-state index contributed by atoms with van der Waals surface area (Å²) in [6.07, 6.45) is 0.965. The minimum atomic E-state index is -0.878. The second kappa shape index (κ2) is 7.04. The number of benzene rings is 1. The second-order valence-electron chi connectivity index (χ2n) is 4.02. The van der Waals surface area contributed by atoms with E-state index < -0.39 is 5.97 Å². The third kappa shape index (κ3) is 4.54. The molecule has 0 unspecified atom stereocenters. The second-order valence-corrected chi connectivity index (χ2v) is 4.02. The Morgan fingerprint density at radius 3 is 2.82 bits per heavy atom. The first-order valence-corrected chi connectivity index (χ1v) is 5.92. The van der Waals surface area contributed by atoms with Gasteiger partial charge in [-0.05, 0) is 43.8 Å². The van der Waals surface area contributed by atoms with Crippen LogP contribution >= 0.6 is 0 Å². The van der Waals surface area contributed by atoms with Crippen molar-refractivity contribution in [2.24, 2.45) is 5.73 Å². The van der Waals surface area contributed by atoms with Crippen molar-refractivity contribution in [1.29, 1.82) is 0 Å². The van der Waals surface area contributed by atoms with Crippen LogP contribution in [0.4, 0.5) is 0 Å². The molecule has 0 aliphatic heterocycles. The van der Waals surface area contributed by atoms with Gasteiger partial charge in [-0.25, -0.2) is 4.79 Å². The van der Waals surface area contributed by atoms with Gasteiger partial charge in [-0.3, -0.25) is 4.90 Å². The molecule has 0 amide bonds. The van der Waals surface area contributed by atoms with Crippen LogP contribution in [0.25, 0.3) is 0 Å². The van der Waals surface area contributed by atoms with E-state index in [0.717, 1.165) is 31.6 Å². The number of hydrogen-bond acceptors (Lipinski definition) is 3. The summed E-state index contributed by atoms with van der Waals surface area (Å²) in [5, 5.41) is 8.91. The first kappa shape index (κ1) is 13.7. The van der Waals surface area contributed by atoms with Crippen molar-refractivity contribution in [3.63, 3.8) is 0 Å². The summed E-state index contributed by atoms with van der Waals surface area (Å²) in [6, 6.07) is 7.09. The molecule has 0 atom stereocenters. The number of aromatic carboxylic acids is 1. The third-order valence-electron chi connectivity index (χ3n) is 2.71. The van der Waals surface area contributed by atoms with Crippen LogP contribution in [0.1, 0.15) is 29.3 Å². The van der Waals surface area contributed by atoms with Crippen LogP contribution < -0.4 is 5.73 Å². The summed E-state index contributed by atoms with van der Waals surface area (Å²) < 4.78 is 0. The summed E-state index contributed by atoms with van der Waals surface area (Å²) in [7, 11) is 0. The third-order valence-corrected chi connectivity index (χ3v) is 2.71. The van der Waals surface area contributed by atoms with Gasteiger partial charge in [-0.15, -0.1) is 0 Å². The van der Waals surface area contributed by atoms with Crippen LogP contribution in [0.2, 0.25) is 0 Å². The number of nitrogens with two attached hydrogens (primary N) is 1. The lowest BCUT2D eigenvalue weighted by Gasteiger charge is -2.20. The molecule has 0 heterocycles. The van der Waals surface area contributed by atoms with E-state index in [1.807, 2.05) is 6.07 Å². The smallest absolute Gasteiger partial charge is 0.335 e. The Hall–Kier alpha value is -1.39. The van der Waals surface area contributed by atoms with Crippen LogP contribution in [0.5, 0.6) is 0 Å². The fourth-order valence-electron chi connectivity index (χ4n) is 1.72. The first-order valence-electron chi connectivity index (χ1n) is 5.92. The van der Waals surface area contributed by atoms with Crippen LogP contribution in [0, 0.1) is 0 Å². The minimum absolute atomic E-state index is 0.345. The first-order chi connectivity index (χ1) is 8.17. The van der Waals surface area contributed by atoms with E-state index in [4.69, 9.17) is 10.8 Å². The molecular weight excluding hydrogens is 216 g/mol. The molecule has 0 fully saturated rings. The SMILES string of the molecule is CCN(CCCN)Cc1cccc(C(=O)O)c1. The molecule has 3 N–H and O–H groups in total. The molecule has 0 aliphatic rings. The van der Waals surface area contributed by atoms with Gasteiger partial charge < -0.3 is 10.8 Å². The van der Waals surface area contributed by atoms with E-state index in [1.165, 1.54) is 0 Å². The van der Waals surface area contributed by atoms with E-state index in [2.05, 4.69) is 11.8 Å². The lowest BCUT2D eigenvalue weighted by Crippen LogP contribution is -2.25. The van der Waals surface area contributed by atoms with E-state index in [9.17, 15) is 4.79 Å². The maximum absolute atomic E-state index is 10.9. The van der Waals surface area contributed by atoms with Gasteiger partial charge in [0.15, 0.2) is 0 Å². The van der Waals surface area contributed by atoms with Crippen LogP contribution in [0.15, 0.2) is 24.3 Å². The largest absolute Gasteiger partial charge is 0.478 e. The normalized spacial score (nSPS) is 10.8. The van der Waals surface area contributed by atoms with Crippen molar-refractivity contribution in [2.45, 2.75) is 19.9 Å². The Kier molecular flexibility index (Phi) is 5.66. The molecule has 4 nitrogen and oxygen atoms in total. The molecule has 94 valence electrons. The Morgan fingerprint density at radius 2 is 2.24 bits per heavy atom. The molecule has 0 saturated heterocycles. The molecule has 0 saturated carbocycles. The molecule has 1 aromatic carbocycles. The number of hydrogen-bond donors (Lipinski definition) is 2. The average Bonchev–Trinajstić information content (AvgIpc) is 2.34. The fraction of sp³-hybridized carbons (Fsp3) is 0.462. The lowest BCUT2D eigenvalue weighted by molar-refractivity contribution is 0.0696. The minimum Gasteiger partial charge on any atom is -0.478 e. The van der Waals surface area contributed by atoms with E-state index in [0.29, 0.717) is 12.1 Å². The highest BCUT2D eigenvalue weighted by atomic mass is 16.4. The van der Waals surface area contributed by atoms with Crippen LogP contribution in [-0.2, 0) is 6.54 Å². The summed E-state index contributed by atoms with van der Waals surface area (Å²) >= 11 is 0. The molecule has 0 aliphatic carbocycles. The molecule has 0 bridgehead atoms. The van der Waals surface area contributed by atoms with Crippen molar-refractivity contribution in [3.8, 4) is 0 Å². The van der Waals surface area contributed by atoms with Gasteiger partial charge in [0.25, 0.3) is 0 Å². The molecule has 1 rings (SSSR count). The molecule has 17 heavy (non-hydrogen) atoms. The van der Waals surface area contributed by atoms with Gasteiger partial charge in [-0.1, -0.05) is 19.1 Å². The van der Waals surface area contributed by atoms with Gasteiger partial charge in [0.2, 0.25) is 0 Å². The highest BCUT2D eigenvalue weighted by Gasteiger charge is 2.06. The number of carbonyl (C=O) groups is 1. The molecule has 1 aromatic rings. The molecule has 0 aromatic heterocycles. The maximum atomic E-state index is 10.9. The summed E-state index contributed by atoms with van der Waals surface area (Å²) in [4.78, 5) is 13.1. The Morgan fingerprint density at radius 1 is 1.47 bits per heavy atom. The monoisotopic (exact) mass is 236 g/mol. The average molecular weight is 236 g/mol. The molecule has 0 spiro atoms. The van der Waals surface area contributed by atoms with Gasteiger partial charge in [0.1, 0.15) is 0 Å². The fourth-order valence-corrected chi connectivity index (χ4v) is 1.72. The number of rotatable bonds is 7. The zero-order valence-corrected chi connectivity index (χ0v) is 10.2. The van der Waals surface area contributed by atoms with E-state index >= 15 is 0 Å². The number of carboxylic acids is 1. The highest BCUT2D eigenvalue weighted by molar-refractivity contribution is 5.87. The molecular formula is C13H20N2O2. The number of carboxylic acid groups (broad SMARTS) is 1. The van der Waals surface area contributed by atoms with Gasteiger partial charge >= 0.3 is 5.97 Å². The highest BCUT2D eigenvalue weighted by Crippen LogP contribution is 2.08. The molecule has 4 heteroatoms. The summed E-state index contributed by atoms with van der Waals surface area (Å²) in [6.45, 7) is 5.45. The van der Waals surface area contributed by atoms with Gasteiger partial charge in [-0.2, -0.15) is 0 Å². The van der Waals surface area contributed by atoms with Crippen molar-refractivity contribution in [2.75, 3.05) is 19.6 Å². The van der Waals surface area contributed by atoms with E-state index in [-0.39, 0.29) is 0 Å². The topological polar surface area (TPSA) is 66.6 Å². The Balaban J connectivity index is 2.65. The maximum Gasteiger partial charge on any atom is 0.335 e. The van der Waals surface area contributed by atoms with Crippen molar-refractivity contribution in [1.82, 2.24) is 4.90 Å². The van der Waals surface area contributed by atoms with Crippen molar-refractivity contribution < 1.29 is 9.90 Å². The lowest BCUT2D eigenvalue weighted by atomic mass is 10.1. The predicted octanol–water partition coefficient (Wildman–Crippen LogP) is 1.56. The summed E-state index contributed by atoms with van der Waals surface area (Å²) in [5.41, 5.74) is 6.86. The van der Waals surface area contributed by atoms with Crippen molar-refractivity contribution >= 4 is 5.97 Å². The Bertz CT molecular complexity index is 366. The number of nitrogens with zero attached hydrogens (tertiary/aromatic N) is 1. The van der Waals surface area contributed by atoms with Crippen LogP contribution in [0.3, 0.4) is 0 Å². The van der Waals surface area contributed by atoms with E-state index in [1.54, 1.807) is 18.2 Å². The predicted molar refractivity (Wildman–Crippen MR) is 68.0 cm³/mol. The zero-order valence-electron chi connectivity index (χ0n) is 10.2. The quantitative estimate of drug-likeness (QED) is 0.754. The summed E-state index contributed by atoms with van der Waals surface area (Å²) in [5.74, 6) is -0.878. The van der Waals surface area contributed by atoms with Crippen LogP contribution in [-0.4, -0.2) is 35.6 Å². The Labute approximate surface area is 102 Å². The van der Waals surface area contributed by atoms with Gasteiger partial charge in [0.05, 0.1) is 5.56 Å².